The fourth-order valence-corrected chi connectivity index (χ4v) is 9.88. The van der Waals surface area contributed by atoms with Crippen molar-refractivity contribution in [2.24, 2.45) is 0 Å². The minimum absolute atomic E-state index is 0.313. The maximum atomic E-state index is 2.45. The van der Waals surface area contributed by atoms with Gasteiger partial charge in [0, 0.05) is 0 Å². The average Bonchev–Trinajstić information content (AvgIpc) is 2.55. The predicted octanol–water partition coefficient (Wildman–Crippen LogP) is 1.62. The van der Waals surface area contributed by atoms with Crippen LogP contribution in [0.1, 0.15) is 13.8 Å². The van der Waals surface area contributed by atoms with Crippen LogP contribution in [0.25, 0.3) is 0 Å². The van der Waals surface area contributed by atoms with Crippen molar-refractivity contribution in [1.29, 1.82) is 0 Å². The molecule has 2 unspecified atom stereocenters. The SMILES string of the molecule is CC1([Te]C2(C)CS2)CS1. The second-order valence-corrected chi connectivity index (χ2v) is 13.2. The van der Waals surface area contributed by atoms with Crippen LogP contribution in [0.3, 0.4) is 0 Å². The van der Waals surface area contributed by atoms with Gasteiger partial charge in [-0.3, -0.25) is 0 Å². The fraction of sp³-hybridized carbons (Fsp3) is 1.00. The van der Waals surface area contributed by atoms with E-state index >= 15 is 0 Å². The number of thioether (sulfide) groups is 2. The Hall–Kier alpha value is 1.49. The quantitative estimate of drug-likeness (QED) is 0.554. The van der Waals surface area contributed by atoms with Crippen LogP contribution in [0.5, 0.6) is 0 Å². The first-order chi connectivity index (χ1) is 4.12. The number of hydrogen-bond acceptors (Lipinski definition) is 2. The van der Waals surface area contributed by atoms with Crippen molar-refractivity contribution in [2.45, 2.75) is 19.4 Å². The summed E-state index contributed by atoms with van der Waals surface area (Å²) in [6, 6.07) is 0. The Morgan fingerprint density at radius 1 is 1.11 bits per heavy atom. The van der Waals surface area contributed by atoms with E-state index in [1.54, 1.807) is 0 Å². The molecule has 2 aliphatic heterocycles. The molecule has 0 spiro atoms. The van der Waals surface area contributed by atoms with Gasteiger partial charge in [-0.15, -0.1) is 0 Å². The van der Waals surface area contributed by atoms with Crippen molar-refractivity contribution in [3.63, 3.8) is 0 Å². The van der Waals surface area contributed by atoms with E-state index in [1.165, 1.54) is 11.5 Å². The molecule has 2 saturated heterocycles. The van der Waals surface area contributed by atoms with Gasteiger partial charge in [-0.25, -0.2) is 0 Å². The Morgan fingerprint density at radius 2 is 1.44 bits per heavy atom. The third-order valence-electron chi connectivity index (χ3n) is 1.53. The van der Waals surface area contributed by atoms with Crippen molar-refractivity contribution in [3.05, 3.63) is 0 Å². The molecule has 0 saturated carbocycles. The number of hydrogen-bond donors (Lipinski definition) is 0. The summed E-state index contributed by atoms with van der Waals surface area (Å²) in [6.07, 6.45) is 0. The van der Waals surface area contributed by atoms with Gasteiger partial charge in [-0.2, -0.15) is 0 Å². The molecule has 0 aromatic rings. The summed E-state index contributed by atoms with van der Waals surface area (Å²) >= 11 is 4.68. The predicted molar refractivity (Wildman–Crippen MR) is 47.5 cm³/mol. The molecule has 0 aromatic carbocycles. The third kappa shape index (κ3) is 1.74. The molecule has 2 fully saturated rings. The molecule has 2 atom stereocenters. The Balaban J connectivity index is 1.90. The Bertz CT molecular complexity index is 122. The maximum absolute atomic E-state index is 2.45. The summed E-state index contributed by atoms with van der Waals surface area (Å²) in [5, 5.41) is 0. The van der Waals surface area contributed by atoms with Gasteiger partial charge < -0.3 is 0 Å². The normalized spacial score (nSPS) is 55.3. The molecule has 0 N–H and O–H groups in total. The first-order valence-corrected chi connectivity index (χ1v) is 7.40. The van der Waals surface area contributed by atoms with Gasteiger partial charge in [0.2, 0.25) is 0 Å². The van der Waals surface area contributed by atoms with Crippen molar-refractivity contribution in [1.82, 2.24) is 0 Å². The molecule has 2 rings (SSSR count). The summed E-state index contributed by atoms with van der Waals surface area (Å²) in [5.74, 6) is 2.93. The minimum atomic E-state index is 0.313. The van der Waals surface area contributed by atoms with Gasteiger partial charge in [-0.05, 0) is 0 Å². The summed E-state index contributed by atoms with van der Waals surface area (Å²) in [6.45, 7) is 4.90. The molecule has 0 aromatic heterocycles. The standard InChI is InChI=1S/C6H10S2Te/c1-5(3-7-5)9-6(2)4-8-6/h3-4H2,1-2H3. The van der Waals surface area contributed by atoms with Crippen LogP contribution < -0.4 is 0 Å². The van der Waals surface area contributed by atoms with Crippen LogP contribution in [-0.2, 0) is 0 Å². The molecular formula is C6H10S2Te. The van der Waals surface area contributed by atoms with Crippen molar-refractivity contribution in [3.8, 4) is 0 Å². The zero-order chi connectivity index (χ0) is 6.54. The monoisotopic (exact) mass is 276 g/mol. The van der Waals surface area contributed by atoms with Crippen molar-refractivity contribution >= 4 is 44.4 Å². The Morgan fingerprint density at radius 3 is 1.67 bits per heavy atom. The van der Waals surface area contributed by atoms with E-state index in [9.17, 15) is 0 Å². The third-order valence-corrected chi connectivity index (χ3v) is 11.4. The average molecular weight is 274 g/mol. The van der Waals surface area contributed by atoms with E-state index in [2.05, 4.69) is 37.4 Å². The zero-order valence-corrected chi connectivity index (χ0v) is 9.60. The van der Waals surface area contributed by atoms with Gasteiger partial charge in [0.1, 0.15) is 0 Å². The molecule has 2 heterocycles. The van der Waals surface area contributed by atoms with Gasteiger partial charge >= 0.3 is 75.4 Å². The second-order valence-electron chi connectivity index (χ2n) is 2.95. The molecule has 0 amide bonds. The first-order valence-electron chi connectivity index (χ1n) is 3.10. The van der Waals surface area contributed by atoms with Crippen LogP contribution in [-0.4, -0.2) is 38.0 Å². The summed E-state index contributed by atoms with van der Waals surface area (Å²) in [5.41, 5.74) is 0. The van der Waals surface area contributed by atoms with Gasteiger partial charge in [-0.1, -0.05) is 0 Å². The summed E-state index contributed by atoms with van der Waals surface area (Å²) in [4.78, 5) is 0. The van der Waals surface area contributed by atoms with E-state index in [1.807, 2.05) is 0 Å². The van der Waals surface area contributed by atoms with Crippen LogP contribution in [0.15, 0.2) is 0 Å². The Kier molecular flexibility index (Phi) is 1.59. The molecular weight excluding hydrogens is 264 g/mol. The molecule has 0 bridgehead atoms. The molecule has 0 nitrogen and oxygen atoms in total. The van der Waals surface area contributed by atoms with Crippen LogP contribution in [0.4, 0.5) is 0 Å². The summed E-state index contributed by atoms with van der Waals surface area (Å²) in [7, 11) is 0. The van der Waals surface area contributed by atoms with Gasteiger partial charge in [0.15, 0.2) is 0 Å². The molecule has 2 aliphatic rings. The van der Waals surface area contributed by atoms with Crippen LogP contribution >= 0.6 is 23.5 Å². The topological polar surface area (TPSA) is 0 Å². The fourth-order valence-electron chi connectivity index (χ4n) is 0.778. The summed E-state index contributed by atoms with van der Waals surface area (Å²) < 4.78 is 1.65. The van der Waals surface area contributed by atoms with E-state index in [-0.39, 0.29) is 0 Å². The molecule has 0 aliphatic carbocycles. The van der Waals surface area contributed by atoms with Crippen molar-refractivity contribution in [2.75, 3.05) is 11.5 Å². The van der Waals surface area contributed by atoms with E-state index in [0.717, 1.165) is 5.59 Å². The van der Waals surface area contributed by atoms with E-state index in [4.69, 9.17) is 0 Å². The zero-order valence-electron chi connectivity index (χ0n) is 5.64. The van der Waals surface area contributed by atoms with E-state index < -0.39 is 0 Å². The van der Waals surface area contributed by atoms with Gasteiger partial charge in [0.25, 0.3) is 0 Å². The Labute approximate surface area is 75.0 Å². The van der Waals surface area contributed by atoms with Crippen molar-refractivity contribution < 1.29 is 0 Å². The second kappa shape index (κ2) is 2.00. The first kappa shape index (κ1) is 7.16. The van der Waals surface area contributed by atoms with Crippen LogP contribution in [0, 0.1) is 0 Å². The van der Waals surface area contributed by atoms with Gasteiger partial charge in [0.05, 0.1) is 0 Å². The molecule has 52 valence electrons. The van der Waals surface area contributed by atoms with E-state index in [0.29, 0.717) is 20.9 Å². The van der Waals surface area contributed by atoms with Crippen LogP contribution in [0.2, 0.25) is 0 Å². The molecule has 0 radical (unpaired) electrons. The molecule has 9 heavy (non-hydrogen) atoms. The molecule has 3 heteroatoms. The number of rotatable bonds is 2.